The van der Waals surface area contributed by atoms with Gasteiger partial charge in [0.1, 0.15) is 25.4 Å². The lowest BCUT2D eigenvalue weighted by molar-refractivity contribution is -0.159. The van der Waals surface area contributed by atoms with Crippen LogP contribution in [0.25, 0.3) is 0 Å². The highest BCUT2D eigenvalue weighted by Gasteiger charge is 2.38. The molecule has 0 bridgehead atoms. The van der Waals surface area contributed by atoms with Crippen molar-refractivity contribution in [2.24, 2.45) is 0 Å². The van der Waals surface area contributed by atoms with E-state index in [1.54, 1.807) is 0 Å². The number of carbonyl (C=O) groups is 7. The number of piperidine rings is 1. The summed E-state index contributed by atoms with van der Waals surface area (Å²) in [5.41, 5.74) is -1.63. The number of carbonyl (C=O) groups excluding carboxylic acids is 7. The van der Waals surface area contributed by atoms with Gasteiger partial charge >= 0.3 is 17.9 Å². The first-order chi connectivity index (χ1) is 38.0. The minimum Gasteiger partial charge on any atom is -0.463 e. The van der Waals surface area contributed by atoms with E-state index in [0.717, 1.165) is 90.1 Å². The lowest BCUT2D eigenvalue weighted by Gasteiger charge is -2.34. The number of unbranched alkanes of at least 4 members (excludes halogenated alkanes) is 27. The number of nitrogens with zero attached hydrogens (tertiary/aromatic N) is 1. The van der Waals surface area contributed by atoms with Crippen molar-refractivity contribution in [1.29, 1.82) is 0 Å². The lowest BCUT2D eigenvalue weighted by Crippen LogP contribution is -2.59. The molecule has 0 aromatic rings. The van der Waals surface area contributed by atoms with Gasteiger partial charge in [-0.25, -0.2) is 0 Å². The smallest absolute Gasteiger partial charge is 0.305 e. The quantitative estimate of drug-likeness (QED) is 0.0257. The third kappa shape index (κ3) is 46.0. The molecule has 0 aromatic heterocycles. The summed E-state index contributed by atoms with van der Waals surface area (Å²) in [6, 6.07) is 0. The molecule has 1 heterocycles. The van der Waals surface area contributed by atoms with Gasteiger partial charge in [-0.15, -0.1) is 0 Å². The van der Waals surface area contributed by atoms with Crippen LogP contribution in [0.4, 0.5) is 0 Å². The minimum absolute atomic E-state index is 0.0627. The standard InChI is InChI=1S/C63H117N5O10/c1-4-7-10-13-16-19-22-25-28-32-47-64-56(69)40-37-43-60(73)76-53-63(67-59(72)46-52-68-50-35-31-36-51-68,54-77-61(74)44-38-41-57(70)65-48-33-29-26-23-20-17-14-11-8-5-2)55-78-62(75)45-39-42-58(71)66-49-34-30-27-24-21-18-15-12-9-6-3/h4-55H2,1-3H3,(H,64,69)(H,65,70)(H,66,71)(H,67,72). The van der Waals surface area contributed by atoms with Crippen LogP contribution < -0.4 is 21.3 Å². The second-order valence-electron chi connectivity index (χ2n) is 22.6. The minimum atomic E-state index is -1.63. The van der Waals surface area contributed by atoms with Crippen LogP contribution in [0.2, 0.25) is 0 Å². The fourth-order valence-electron chi connectivity index (χ4n) is 9.87. The first kappa shape index (κ1) is 72.3. The molecule has 0 spiro atoms. The summed E-state index contributed by atoms with van der Waals surface area (Å²) in [6.45, 7) is 9.36. The van der Waals surface area contributed by atoms with E-state index in [9.17, 15) is 33.6 Å². The zero-order valence-electron chi connectivity index (χ0n) is 50.3. The van der Waals surface area contributed by atoms with Crippen LogP contribution in [0, 0.1) is 0 Å². The van der Waals surface area contributed by atoms with Crippen LogP contribution >= 0.6 is 0 Å². The normalized spacial score (nSPS) is 12.7. The number of nitrogens with one attached hydrogen (secondary N) is 4. The Kier molecular flexibility index (Phi) is 48.7. The van der Waals surface area contributed by atoms with Gasteiger partial charge in [-0.3, -0.25) is 33.6 Å². The Morgan fingerprint density at radius 1 is 0.333 bits per heavy atom. The largest absolute Gasteiger partial charge is 0.463 e. The van der Waals surface area contributed by atoms with Crippen molar-refractivity contribution in [2.75, 3.05) is 59.1 Å². The van der Waals surface area contributed by atoms with Gasteiger partial charge < -0.3 is 40.4 Å². The Hall–Kier alpha value is -3.75. The summed E-state index contributed by atoms with van der Waals surface area (Å²) < 4.78 is 17.2. The summed E-state index contributed by atoms with van der Waals surface area (Å²) in [5.74, 6) is -2.64. The fraction of sp³-hybridized carbons (Fsp3) is 0.889. The van der Waals surface area contributed by atoms with Crippen molar-refractivity contribution >= 4 is 41.5 Å². The van der Waals surface area contributed by atoms with E-state index in [0.29, 0.717) is 26.2 Å². The number of hydrogen-bond acceptors (Lipinski definition) is 11. The van der Waals surface area contributed by atoms with Crippen LogP contribution in [0.3, 0.4) is 0 Å². The van der Waals surface area contributed by atoms with Gasteiger partial charge in [0.25, 0.3) is 0 Å². The van der Waals surface area contributed by atoms with Crippen LogP contribution in [-0.2, 0) is 47.8 Å². The highest BCUT2D eigenvalue weighted by molar-refractivity contribution is 5.79. The molecule has 4 amide bonds. The van der Waals surface area contributed by atoms with Gasteiger partial charge in [-0.2, -0.15) is 0 Å². The van der Waals surface area contributed by atoms with E-state index in [2.05, 4.69) is 46.9 Å². The van der Waals surface area contributed by atoms with E-state index in [4.69, 9.17) is 14.2 Å². The first-order valence-electron chi connectivity index (χ1n) is 32.3. The molecule has 0 unspecified atom stereocenters. The predicted octanol–water partition coefficient (Wildman–Crippen LogP) is 13.0. The maximum atomic E-state index is 13.7. The molecular weight excluding hydrogens is 987 g/mol. The Balaban J connectivity index is 2.84. The number of hydrogen-bond donors (Lipinski definition) is 4. The molecule has 0 saturated carbocycles. The number of ether oxygens (including phenoxy) is 3. The Morgan fingerprint density at radius 2 is 0.615 bits per heavy atom. The molecule has 0 aromatic carbocycles. The maximum Gasteiger partial charge on any atom is 0.305 e. The van der Waals surface area contributed by atoms with E-state index in [1.807, 2.05) is 0 Å². The van der Waals surface area contributed by atoms with Crippen molar-refractivity contribution < 1.29 is 47.8 Å². The molecule has 1 aliphatic rings. The molecule has 4 N–H and O–H groups in total. The van der Waals surface area contributed by atoms with Gasteiger partial charge in [0.2, 0.25) is 23.6 Å². The monoisotopic (exact) mass is 1100 g/mol. The molecule has 78 heavy (non-hydrogen) atoms. The summed E-state index contributed by atoms with van der Waals surface area (Å²) in [5, 5.41) is 11.8. The van der Waals surface area contributed by atoms with Crippen molar-refractivity contribution in [3.05, 3.63) is 0 Å². The number of amides is 4. The molecule has 1 rings (SSSR count). The van der Waals surface area contributed by atoms with Crippen molar-refractivity contribution in [3.63, 3.8) is 0 Å². The van der Waals surface area contributed by atoms with Crippen LogP contribution in [0.15, 0.2) is 0 Å². The molecule has 454 valence electrons. The van der Waals surface area contributed by atoms with Crippen LogP contribution in [0.5, 0.6) is 0 Å². The summed E-state index contributed by atoms with van der Waals surface area (Å²) in [4.78, 5) is 93.6. The second-order valence-corrected chi connectivity index (χ2v) is 22.6. The zero-order valence-corrected chi connectivity index (χ0v) is 50.3. The van der Waals surface area contributed by atoms with Gasteiger partial charge in [-0.05, 0) is 64.5 Å². The molecule has 0 atom stereocenters. The molecule has 15 heteroatoms. The van der Waals surface area contributed by atoms with E-state index < -0.39 is 43.3 Å². The molecule has 15 nitrogen and oxygen atoms in total. The number of likely N-dealkylation sites (tertiary alicyclic amines) is 1. The molecule has 0 aliphatic carbocycles. The van der Waals surface area contributed by atoms with E-state index >= 15 is 0 Å². The number of esters is 3. The highest BCUT2D eigenvalue weighted by atomic mass is 16.6. The van der Waals surface area contributed by atoms with Gasteiger partial charge in [0.05, 0.1) is 0 Å². The van der Waals surface area contributed by atoms with Crippen molar-refractivity contribution in [2.45, 2.75) is 302 Å². The highest BCUT2D eigenvalue weighted by Crippen LogP contribution is 2.17. The van der Waals surface area contributed by atoms with Gasteiger partial charge in [0, 0.05) is 71.1 Å². The van der Waals surface area contributed by atoms with Crippen molar-refractivity contribution in [1.82, 2.24) is 26.2 Å². The lowest BCUT2D eigenvalue weighted by atomic mass is 10.0. The Morgan fingerprint density at radius 3 is 0.910 bits per heavy atom. The average Bonchev–Trinajstić information content (AvgIpc) is 3.43. The fourth-order valence-corrected chi connectivity index (χ4v) is 9.87. The van der Waals surface area contributed by atoms with Crippen LogP contribution in [0.1, 0.15) is 297 Å². The topological polar surface area (TPSA) is 199 Å². The van der Waals surface area contributed by atoms with E-state index in [-0.39, 0.29) is 87.8 Å². The van der Waals surface area contributed by atoms with Crippen molar-refractivity contribution in [3.8, 4) is 0 Å². The Labute approximate surface area is 475 Å². The molecule has 1 saturated heterocycles. The predicted molar refractivity (Wildman–Crippen MR) is 315 cm³/mol. The Bertz CT molecular complexity index is 1380. The van der Waals surface area contributed by atoms with Crippen LogP contribution in [-0.4, -0.2) is 111 Å². The first-order valence-corrected chi connectivity index (χ1v) is 32.3. The number of rotatable bonds is 55. The molecule has 0 radical (unpaired) electrons. The summed E-state index contributed by atoms with van der Waals surface area (Å²) >= 11 is 0. The molecule has 1 fully saturated rings. The third-order valence-electron chi connectivity index (χ3n) is 14.9. The van der Waals surface area contributed by atoms with Gasteiger partial charge in [-0.1, -0.05) is 201 Å². The van der Waals surface area contributed by atoms with E-state index in [1.165, 1.54) is 135 Å². The second kappa shape index (κ2) is 52.6. The zero-order chi connectivity index (χ0) is 56.8. The molecular formula is C63H117N5O10. The SMILES string of the molecule is CCCCCCCCCCCCNC(=O)CCCC(=O)OCC(COC(=O)CCCC(=O)NCCCCCCCCCCCC)(COC(=O)CCCC(=O)NCCCCCCCCCCCC)NC(=O)CCN1CCCCC1. The third-order valence-corrected chi connectivity index (χ3v) is 14.9. The summed E-state index contributed by atoms with van der Waals surface area (Å²) in [6.07, 6.45) is 40.7. The maximum absolute atomic E-state index is 13.7. The molecule has 1 aliphatic heterocycles. The average molecular weight is 1100 g/mol. The van der Waals surface area contributed by atoms with Gasteiger partial charge in [0.15, 0.2) is 0 Å². The summed E-state index contributed by atoms with van der Waals surface area (Å²) in [7, 11) is 0.